The zero-order valence-corrected chi connectivity index (χ0v) is 11.7. The van der Waals surface area contributed by atoms with E-state index in [0.717, 1.165) is 13.1 Å². The van der Waals surface area contributed by atoms with Crippen LogP contribution >= 0.6 is 11.8 Å². The number of nitrogens with two attached hydrogens (primary N) is 1. The number of hydrogen-bond donors (Lipinski definition) is 1. The maximum atomic E-state index is 5.99. The number of aliphatic imine (C=N–C) groups is 1. The highest BCUT2D eigenvalue weighted by Crippen LogP contribution is 2.18. The van der Waals surface area contributed by atoms with Crippen molar-refractivity contribution in [2.45, 2.75) is 25.4 Å². The van der Waals surface area contributed by atoms with E-state index in [9.17, 15) is 0 Å². The summed E-state index contributed by atoms with van der Waals surface area (Å²) in [5.41, 5.74) is 7.29. The predicted octanol–water partition coefficient (Wildman–Crippen LogP) is 2.33. The maximum Gasteiger partial charge on any atom is 0.191 e. The highest BCUT2D eigenvalue weighted by atomic mass is 32.2. The molecular weight excluding hydrogens is 242 g/mol. The Morgan fingerprint density at radius 1 is 1.39 bits per heavy atom. The number of rotatable bonds is 6. The van der Waals surface area contributed by atoms with E-state index in [1.54, 1.807) is 0 Å². The molecule has 3 nitrogen and oxygen atoms in total. The van der Waals surface area contributed by atoms with Crippen molar-refractivity contribution in [3.63, 3.8) is 0 Å². The quantitative estimate of drug-likeness (QED) is 0.801. The molecule has 0 aliphatic carbocycles. The third-order valence-electron chi connectivity index (χ3n) is 3.28. The van der Waals surface area contributed by atoms with E-state index in [4.69, 9.17) is 5.73 Å². The van der Waals surface area contributed by atoms with E-state index in [1.165, 1.54) is 24.2 Å². The van der Waals surface area contributed by atoms with Gasteiger partial charge in [-0.05, 0) is 30.4 Å². The Morgan fingerprint density at radius 2 is 2.17 bits per heavy atom. The zero-order chi connectivity index (χ0) is 12.8. The SMILES string of the molecule is CSCCCC1CN=C(N)N1Cc1ccccc1. The van der Waals surface area contributed by atoms with E-state index in [-0.39, 0.29) is 0 Å². The molecule has 0 bridgehead atoms. The molecule has 0 fully saturated rings. The van der Waals surface area contributed by atoms with Crippen molar-refractivity contribution in [2.75, 3.05) is 18.6 Å². The molecule has 1 heterocycles. The maximum absolute atomic E-state index is 5.99. The normalized spacial score (nSPS) is 19.1. The van der Waals surface area contributed by atoms with Gasteiger partial charge in [-0.1, -0.05) is 30.3 Å². The van der Waals surface area contributed by atoms with Crippen LogP contribution in [-0.2, 0) is 6.54 Å². The Morgan fingerprint density at radius 3 is 2.89 bits per heavy atom. The lowest BCUT2D eigenvalue weighted by atomic mass is 10.1. The van der Waals surface area contributed by atoms with Gasteiger partial charge in [-0.15, -0.1) is 0 Å². The van der Waals surface area contributed by atoms with Crippen molar-refractivity contribution in [3.8, 4) is 0 Å². The fraction of sp³-hybridized carbons (Fsp3) is 0.500. The lowest BCUT2D eigenvalue weighted by Crippen LogP contribution is -2.40. The molecule has 1 aromatic carbocycles. The largest absolute Gasteiger partial charge is 0.370 e. The van der Waals surface area contributed by atoms with Gasteiger partial charge in [0.15, 0.2) is 5.96 Å². The van der Waals surface area contributed by atoms with Crippen molar-refractivity contribution in [2.24, 2.45) is 10.7 Å². The Labute approximate surface area is 113 Å². The number of nitrogens with zero attached hydrogens (tertiary/aromatic N) is 2. The summed E-state index contributed by atoms with van der Waals surface area (Å²) in [5, 5.41) is 0. The van der Waals surface area contributed by atoms with Crippen LogP contribution in [-0.4, -0.2) is 35.5 Å². The molecular formula is C14H21N3S. The number of hydrogen-bond acceptors (Lipinski definition) is 4. The fourth-order valence-electron chi connectivity index (χ4n) is 2.28. The molecule has 1 aromatic rings. The first-order valence-electron chi connectivity index (χ1n) is 6.40. The summed E-state index contributed by atoms with van der Waals surface area (Å²) in [6.45, 7) is 1.73. The second kappa shape index (κ2) is 6.69. The molecule has 18 heavy (non-hydrogen) atoms. The van der Waals surface area contributed by atoms with Crippen molar-refractivity contribution in [3.05, 3.63) is 35.9 Å². The van der Waals surface area contributed by atoms with Crippen LogP contribution in [0.15, 0.2) is 35.3 Å². The van der Waals surface area contributed by atoms with Gasteiger partial charge < -0.3 is 10.6 Å². The van der Waals surface area contributed by atoms with E-state index < -0.39 is 0 Å². The van der Waals surface area contributed by atoms with Crippen LogP contribution in [0.1, 0.15) is 18.4 Å². The van der Waals surface area contributed by atoms with E-state index in [1.807, 2.05) is 17.8 Å². The summed E-state index contributed by atoms with van der Waals surface area (Å²) in [7, 11) is 0. The molecule has 4 heteroatoms. The van der Waals surface area contributed by atoms with Gasteiger partial charge in [-0.25, -0.2) is 0 Å². The minimum absolute atomic E-state index is 0.484. The minimum atomic E-state index is 0.484. The Hall–Kier alpha value is -1.16. The van der Waals surface area contributed by atoms with Gasteiger partial charge in [0.2, 0.25) is 0 Å². The van der Waals surface area contributed by atoms with Crippen LogP contribution < -0.4 is 5.73 Å². The van der Waals surface area contributed by atoms with E-state index >= 15 is 0 Å². The first-order valence-corrected chi connectivity index (χ1v) is 7.80. The summed E-state index contributed by atoms with van der Waals surface area (Å²) in [6, 6.07) is 11.0. The highest BCUT2D eigenvalue weighted by molar-refractivity contribution is 7.98. The topological polar surface area (TPSA) is 41.6 Å². The summed E-state index contributed by atoms with van der Waals surface area (Å²) >= 11 is 1.90. The predicted molar refractivity (Wildman–Crippen MR) is 79.9 cm³/mol. The van der Waals surface area contributed by atoms with Crippen LogP contribution in [0.25, 0.3) is 0 Å². The molecule has 1 unspecified atom stereocenters. The first kappa shape index (κ1) is 13.3. The number of benzene rings is 1. The smallest absolute Gasteiger partial charge is 0.191 e. The van der Waals surface area contributed by atoms with Crippen molar-refractivity contribution >= 4 is 17.7 Å². The molecule has 0 saturated heterocycles. The average molecular weight is 263 g/mol. The Balaban J connectivity index is 1.93. The second-order valence-electron chi connectivity index (χ2n) is 4.60. The molecule has 2 N–H and O–H groups in total. The summed E-state index contributed by atoms with van der Waals surface area (Å²) in [4.78, 5) is 6.63. The van der Waals surface area contributed by atoms with Crippen LogP contribution in [0.5, 0.6) is 0 Å². The van der Waals surface area contributed by atoms with Crippen LogP contribution in [0.3, 0.4) is 0 Å². The second-order valence-corrected chi connectivity index (χ2v) is 5.59. The lowest BCUT2D eigenvalue weighted by molar-refractivity contribution is 0.316. The van der Waals surface area contributed by atoms with E-state index in [2.05, 4.69) is 40.4 Å². The summed E-state index contributed by atoms with van der Waals surface area (Å²) in [5.74, 6) is 1.92. The van der Waals surface area contributed by atoms with Crippen LogP contribution in [0, 0.1) is 0 Å². The van der Waals surface area contributed by atoms with Gasteiger partial charge >= 0.3 is 0 Å². The van der Waals surface area contributed by atoms with Gasteiger partial charge in [0.05, 0.1) is 12.6 Å². The standard InChI is InChI=1S/C14H21N3S/c1-18-9-5-8-13-10-16-14(15)17(13)11-12-6-3-2-4-7-12/h2-4,6-7,13H,5,8-11H2,1H3,(H2,15,16). The van der Waals surface area contributed by atoms with Crippen molar-refractivity contribution < 1.29 is 0 Å². The summed E-state index contributed by atoms with van der Waals surface area (Å²) < 4.78 is 0. The number of thioether (sulfide) groups is 1. The fourth-order valence-corrected chi connectivity index (χ4v) is 2.73. The van der Waals surface area contributed by atoms with E-state index in [0.29, 0.717) is 12.0 Å². The molecule has 0 spiro atoms. The molecule has 1 atom stereocenters. The highest BCUT2D eigenvalue weighted by Gasteiger charge is 2.25. The minimum Gasteiger partial charge on any atom is -0.370 e. The van der Waals surface area contributed by atoms with Crippen molar-refractivity contribution in [1.29, 1.82) is 0 Å². The van der Waals surface area contributed by atoms with Gasteiger partial charge in [0.25, 0.3) is 0 Å². The monoisotopic (exact) mass is 263 g/mol. The van der Waals surface area contributed by atoms with Gasteiger partial charge in [0, 0.05) is 6.54 Å². The number of guanidine groups is 1. The summed E-state index contributed by atoms with van der Waals surface area (Å²) in [6.07, 6.45) is 4.57. The Bertz CT molecular complexity index is 391. The third-order valence-corrected chi connectivity index (χ3v) is 3.98. The molecule has 0 amide bonds. The molecule has 0 saturated carbocycles. The lowest BCUT2D eigenvalue weighted by Gasteiger charge is -2.26. The Kier molecular flexibility index (Phi) is 4.93. The van der Waals surface area contributed by atoms with Crippen LogP contribution in [0.2, 0.25) is 0 Å². The molecule has 1 aliphatic heterocycles. The third kappa shape index (κ3) is 3.42. The molecule has 1 aliphatic rings. The van der Waals surface area contributed by atoms with Gasteiger partial charge in [-0.3, -0.25) is 4.99 Å². The first-order chi connectivity index (χ1) is 8.81. The molecule has 0 aromatic heterocycles. The zero-order valence-electron chi connectivity index (χ0n) is 10.9. The van der Waals surface area contributed by atoms with Gasteiger partial charge in [0.1, 0.15) is 0 Å². The van der Waals surface area contributed by atoms with Gasteiger partial charge in [-0.2, -0.15) is 11.8 Å². The molecule has 0 radical (unpaired) electrons. The molecule has 2 rings (SSSR count). The van der Waals surface area contributed by atoms with Crippen LogP contribution in [0.4, 0.5) is 0 Å². The average Bonchev–Trinajstić information content (AvgIpc) is 2.73. The van der Waals surface area contributed by atoms with Crippen molar-refractivity contribution in [1.82, 2.24) is 4.90 Å². The molecule has 98 valence electrons.